The normalized spacial score (nSPS) is 10.4. The third-order valence-corrected chi connectivity index (χ3v) is 3.17. The van der Waals surface area contributed by atoms with Gasteiger partial charge in [-0.15, -0.1) is 0 Å². The van der Waals surface area contributed by atoms with Gasteiger partial charge in [0, 0.05) is 25.3 Å². The zero-order valence-electron chi connectivity index (χ0n) is 10.5. The number of benzene rings is 1. The number of anilines is 1. The Hall–Kier alpha value is -2.02. The second kappa shape index (κ2) is 5.75. The van der Waals surface area contributed by atoms with E-state index in [0.717, 1.165) is 23.0 Å². The summed E-state index contributed by atoms with van der Waals surface area (Å²) in [5.74, 6) is -0.556. The lowest BCUT2D eigenvalue weighted by atomic mass is 10.2. The highest BCUT2D eigenvalue weighted by molar-refractivity contribution is 7.99. The molecule has 19 heavy (non-hydrogen) atoms. The lowest BCUT2D eigenvalue weighted by Gasteiger charge is -2.11. The number of thioether (sulfide) groups is 1. The fraction of sp³-hybridized carbons (Fsp3) is 0.250. The molecule has 6 nitrogen and oxygen atoms in total. The summed E-state index contributed by atoms with van der Waals surface area (Å²) in [5, 5.41) is 12.6. The minimum atomic E-state index is -0.917. The molecule has 1 aromatic carbocycles. The monoisotopic (exact) mass is 279 g/mol. The molecule has 0 fully saturated rings. The maximum Gasteiger partial charge on any atom is 0.314 e. The Morgan fingerprint density at radius 1 is 1.37 bits per heavy atom. The van der Waals surface area contributed by atoms with Gasteiger partial charge in [0.15, 0.2) is 0 Å². The number of nitrogens with zero attached hydrogens (tertiary/aromatic N) is 3. The molecule has 0 bridgehead atoms. The third kappa shape index (κ3) is 3.47. The van der Waals surface area contributed by atoms with Crippen LogP contribution in [0.1, 0.15) is 0 Å². The van der Waals surface area contributed by atoms with Crippen LogP contribution in [-0.4, -0.2) is 41.1 Å². The Morgan fingerprint density at radius 2 is 2.05 bits per heavy atom. The van der Waals surface area contributed by atoms with Gasteiger partial charge in [-0.25, -0.2) is 0 Å². The fourth-order valence-electron chi connectivity index (χ4n) is 1.42. The highest BCUT2D eigenvalue weighted by Crippen LogP contribution is 2.23. The van der Waals surface area contributed by atoms with Crippen molar-refractivity contribution in [1.82, 2.24) is 10.1 Å². The molecule has 0 amide bonds. The van der Waals surface area contributed by atoms with Crippen LogP contribution in [0.25, 0.3) is 11.4 Å². The largest absolute Gasteiger partial charge is 0.481 e. The first-order chi connectivity index (χ1) is 9.06. The van der Waals surface area contributed by atoms with E-state index in [2.05, 4.69) is 10.1 Å². The van der Waals surface area contributed by atoms with Gasteiger partial charge >= 0.3 is 5.97 Å². The lowest BCUT2D eigenvalue weighted by Crippen LogP contribution is -2.07. The molecule has 0 aliphatic heterocycles. The fourth-order valence-corrected chi connectivity index (χ4v) is 1.91. The average molecular weight is 279 g/mol. The van der Waals surface area contributed by atoms with Crippen molar-refractivity contribution in [2.24, 2.45) is 0 Å². The Morgan fingerprint density at radius 3 is 2.63 bits per heavy atom. The predicted octanol–water partition coefficient (Wildman–Crippen LogP) is 1.98. The van der Waals surface area contributed by atoms with Gasteiger partial charge in [0.1, 0.15) is 5.75 Å². The van der Waals surface area contributed by atoms with E-state index in [1.807, 2.05) is 43.3 Å². The lowest BCUT2D eigenvalue weighted by molar-refractivity contribution is -0.133. The van der Waals surface area contributed by atoms with Crippen LogP contribution in [0.5, 0.6) is 0 Å². The van der Waals surface area contributed by atoms with Gasteiger partial charge in [0.05, 0.1) is 0 Å². The van der Waals surface area contributed by atoms with Crippen LogP contribution in [0.2, 0.25) is 0 Å². The molecule has 100 valence electrons. The second-order valence-corrected chi connectivity index (χ2v) is 4.93. The minimum absolute atomic E-state index is 0.0960. The number of carbonyl (C=O) groups is 1. The molecular formula is C12H13N3O3S. The quantitative estimate of drug-likeness (QED) is 0.838. The van der Waals surface area contributed by atoms with Crippen molar-refractivity contribution in [3.05, 3.63) is 24.3 Å². The molecule has 1 aromatic heterocycles. The Balaban J connectivity index is 2.11. The third-order valence-electron chi connectivity index (χ3n) is 2.37. The van der Waals surface area contributed by atoms with Crippen LogP contribution in [0.3, 0.4) is 0 Å². The first-order valence-electron chi connectivity index (χ1n) is 5.52. The molecule has 0 aliphatic carbocycles. The molecule has 0 saturated carbocycles. The van der Waals surface area contributed by atoms with E-state index < -0.39 is 5.97 Å². The summed E-state index contributed by atoms with van der Waals surface area (Å²) in [5.41, 5.74) is 1.91. The van der Waals surface area contributed by atoms with Gasteiger partial charge in [-0.2, -0.15) is 4.98 Å². The standard InChI is InChI=1S/C12H13N3O3S/c1-15(2)9-5-3-8(4-6-9)11-13-12(18-14-11)19-7-10(16)17/h3-6H,7H2,1-2H3,(H,16,17). The number of hydrogen-bond acceptors (Lipinski definition) is 6. The molecule has 0 aliphatic rings. The van der Waals surface area contributed by atoms with E-state index in [-0.39, 0.29) is 11.0 Å². The first kappa shape index (κ1) is 13.4. The second-order valence-electron chi connectivity index (χ2n) is 4.01. The smallest absolute Gasteiger partial charge is 0.314 e. The van der Waals surface area contributed by atoms with Gasteiger partial charge in [-0.1, -0.05) is 16.9 Å². The molecule has 1 heterocycles. The van der Waals surface area contributed by atoms with Crippen molar-refractivity contribution in [2.45, 2.75) is 5.22 Å². The molecule has 0 unspecified atom stereocenters. The van der Waals surface area contributed by atoms with Crippen LogP contribution >= 0.6 is 11.8 Å². The van der Waals surface area contributed by atoms with E-state index in [1.54, 1.807) is 0 Å². The van der Waals surface area contributed by atoms with Crippen molar-refractivity contribution < 1.29 is 14.4 Å². The summed E-state index contributed by atoms with van der Waals surface area (Å²) >= 11 is 1.00. The van der Waals surface area contributed by atoms with E-state index in [1.165, 1.54) is 0 Å². The zero-order valence-corrected chi connectivity index (χ0v) is 11.3. The van der Waals surface area contributed by atoms with Gasteiger partial charge in [0.25, 0.3) is 5.22 Å². The molecule has 0 spiro atoms. The van der Waals surface area contributed by atoms with Gasteiger partial charge in [-0.3, -0.25) is 4.79 Å². The molecule has 1 N–H and O–H groups in total. The average Bonchev–Trinajstić information content (AvgIpc) is 2.85. The van der Waals surface area contributed by atoms with Gasteiger partial charge in [0.2, 0.25) is 5.82 Å². The zero-order chi connectivity index (χ0) is 13.8. The topological polar surface area (TPSA) is 79.5 Å². The molecule has 0 saturated heterocycles. The number of carboxylic acids is 1. The molecule has 0 atom stereocenters. The van der Waals surface area contributed by atoms with E-state index >= 15 is 0 Å². The van der Waals surface area contributed by atoms with Crippen molar-refractivity contribution in [3.63, 3.8) is 0 Å². The van der Waals surface area contributed by atoms with Crippen molar-refractivity contribution in [1.29, 1.82) is 0 Å². The molecule has 2 rings (SSSR count). The Labute approximate surface area is 114 Å². The van der Waals surface area contributed by atoms with E-state index in [0.29, 0.717) is 5.82 Å². The predicted molar refractivity (Wildman–Crippen MR) is 72.4 cm³/mol. The summed E-state index contributed by atoms with van der Waals surface area (Å²) in [4.78, 5) is 16.6. The van der Waals surface area contributed by atoms with Crippen LogP contribution < -0.4 is 4.90 Å². The molecule has 0 radical (unpaired) electrons. The van der Waals surface area contributed by atoms with Crippen molar-refractivity contribution in [3.8, 4) is 11.4 Å². The number of aliphatic carboxylic acids is 1. The number of carboxylic acid groups (broad SMARTS) is 1. The van der Waals surface area contributed by atoms with Crippen molar-refractivity contribution >= 4 is 23.4 Å². The summed E-state index contributed by atoms with van der Waals surface area (Å²) in [6.45, 7) is 0. The van der Waals surface area contributed by atoms with E-state index in [4.69, 9.17) is 9.63 Å². The molecular weight excluding hydrogens is 266 g/mol. The van der Waals surface area contributed by atoms with Crippen LogP contribution in [0.15, 0.2) is 34.0 Å². The highest BCUT2D eigenvalue weighted by atomic mass is 32.2. The number of aromatic nitrogens is 2. The van der Waals surface area contributed by atoms with Gasteiger partial charge < -0.3 is 14.5 Å². The summed E-state index contributed by atoms with van der Waals surface area (Å²) < 4.78 is 4.98. The highest BCUT2D eigenvalue weighted by Gasteiger charge is 2.10. The Kier molecular flexibility index (Phi) is 4.06. The maximum atomic E-state index is 10.4. The van der Waals surface area contributed by atoms with Crippen LogP contribution in [-0.2, 0) is 4.79 Å². The molecule has 7 heteroatoms. The van der Waals surface area contributed by atoms with Gasteiger partial charge in [-0.05, 0) is 24.3 Å². The van der Waals surface area contributed by atoms with Crippen LogP contribution in [0, 0.1) is 0 Å². The first-order valence-corrected chi connectivity index (χ1v) is 6.51. The SMILES string of the molecule is CN(C)c1ccc(-c2noc(SCC(=O)O)n2)cc1. The Bertz CT molecular complexity index is 566. The van der Waals surface area contributed by atoms with E-state index in [9.17, 15) is 4.79 Å². The minimum Gasteiger partial charge on any atom is -0.481 e. The number of rotatable bonds is 5. The summed E-state index contributed by atoms with van der Waals surface area (Å²) in [6, 6.07) is 7.70. The van der Waals surface area contributed by atoms with Crippen molar-refractivity contribution in [2.75, 3.05) is 24.7 Å². The van der Waals surface area contributed by atoms with Crippen LogP contribution in [0.4, 0.5) is 5.69 Å². The summed E-state index contributed by atoms with van der Waals surface area (Å²) in [6.07, 6.45) is 0. The number of hydrogen-bond donors (Lipinski definition) is 1. The maximum absolute atomic E-state index is 10.4. The molecule has 2 aromatic rings. The summed E-state index contributed by atoms with van der Waals surface area (Å²) in [7, 11) is 3.92.